The lowest BCUT2D eigenvalue weighted by atomic mass is 10.2. The Morgan fingerprint density at radius 2 is 2.05 bits per heavy atom. The van der Waals surface area contributed by atoms with E-state index < -0.39 is 0 Å². The van der Waals surface area contributed by atoms with E-state index in [2.05, 4.69) is 27.5 Å². The van der Waals surface area contributed by atoms with Gasteiger partial charge in [0.15, 0.2) is 0 Å². The number of pyridine rings is 2. The number of carbonyl (C=O) groups excluding carboxylic acids is 1. The van der Waals surface area contributed by atoms with Crippen molar-refractivity contribution in [3.8, 4) is 0 Å². The molecule has 0 saturated heterocycles. The fraction of sp³-hybridized carbons (Fsp3) is 0.267. The molecule has 0 spiro atoms. The van der Waals surface area contributed by atoms with E-state index in [0.717, 1.165) is 24.5 Å². The zero-order chi connectivity index (χ0) is 14.4. The molecule has 2 rings (SSSR count). The summed E-state index contributed by atoms with van der Waals surface area (Å²) < 4.78 is 0. The van der Waals surface area contributed by atoms with Crippen molar-refractivity contribution >= 4 is 17.5 Å². The van der Waals surface area contributed by atoms with Gasteiger partial charge < -0.3 is 10.6 Å². The Balaban J connectivity index is 2.02. The van der Waals surface area contributed by atoms with Gasteiger partial charge in [0, 0.05) is 18.4 Å². The fourth-order valence-corrected chi connectivity index (χ4v) is 1.69. The maximum atomic E-state index is 12.0. The van der Waals surface area contributed by atoms with Crippen LogP contribution in [-0.4, -0.2) is 22.4 Å². The normalized spacial score (nSPS) is 10.1. The van der Waals surface area contributed by atoms with Gasteiger partial charge in [-0.15, -0.1) is 0 Å². The number of aryl methyl sites for hydroxylation is 1. The SMILES string of the molecule is CCCNc1ccc(C(=O)Nc2cccc(C)n2)cn1. The highest BCUT2D eigenvalue weighted by Gasteiger charge is 2.07. The van der Waals surface area contributed by atoms with Gasteiger partial charge in [0.2, 0.25) is 0 Å². The molecule has 2 aromatic rings. The molecule has 0 bridgehead atoms. The van der Waals surface area contributed by atoms with Crippen LogP contribution in [0, 0.1) is 6.92 Å². The lowest BCUT2D eigenvalue weighted by Gasteiger charge is -2.06. The third-order valence-electron chi connectivity index (χ3n) is 2.71. The highest BCUT2D eigenvalue weighted by atomic mass is 16.1. The van der Waals surface area contributed by atoms with Crippen molar-refractivity contribution in [3.05, 3.63) is 47.8 Å². The number of hydrogen-bond donors (Lipinski definition) is 2. The lowest BCUT2D eigenvalue weighted by Crippen LogP contribution is -2.13. The molecule has 0 radical (unpaired) electrons. The van der Waals surface area contributed by atoms with Gasteiger partial charge in [0.05, 0.1) is 5.56 Å². The Labute approximate surface area is 118 Å². The molecule has 0 aliphatic rings. The minimum atomic E-state index is -0.211. The van der Waals surface area contributed by atoms with Gasteiger partial charge in [-0.2, -0.15) is 0 Å². The second-order valence-electron chi connectivity index (χ2n) is 4.48. The van der Waals surface area contributed by atoms with E-state index in [1.54, 1.807) is 24.4 Å². The van der Waals surface area contributed by atoms with Crippen molar-refractivity contribution in [1.82, 2.24) is 9.97 Å². The molecule has 0 aromatic carbocycles. The second-order valence-corrected chi connectivity index (χ2v) is 4.48. The van der Waals surface area contributed by atoms with Crippen LogP contribution < -0.4 is 10.6 Å². The molecule has 5 nitrogen and oxygen atoms in total. The largest absolute Gasteiger partial charge is 0.370 e. The van der Waals surface area contributed by atoms with E-state index in [4.69, 9.17) is 0 Å². The van der Waals surface area contributed by atoms with Crippen molar-refractivity contribution in [1.29, 1.82) is 0 Å². The number of aromatic nitrogens is 2. The zero-order valence-corrected chi connectivity index (χ0v) is 11.7. The van der Waals surface area contributed by atoms with Gasteiger partial charge in [-0.25, -0.2) is 9.97 Å². The first-order valence-corrected chi connectivity index (χ1v) is 6.64. The number of rotatable bonds is 5. The van der Waals surface area contributed by atoms with Crippen LogP contribution in [-0.2, 0) is 0 Å². The van der Waals surface area contributed by atoms with Crippen LogP contribution in [0.2, 0.25) is 0 Å². The Morgan fingerprint density at radius 3 is 2.70 bits per heavy atom. The molecular formula is C15H18N4O. The molecule has 0 aliphatic heterocycles. The van der Waals surface area contributed by atoms with Crippen LogP contribution in [0.15, 0.2) is 36.5 Å². The Bertz CT molecular complexity index is 581. The number of hydrogen-bond acceptors (Lipinski definition) is 4. The van der Waals surface area contributed by atoms with Gasteiger partial charge in [0.1, 0.15) is 11.6 Å². The van der Waals surface area contributed by atoms with Crippen LogP contribution in [0.25, 0.3) is 0 Å². The first-order valence-electron chi connectivity index (χ1n) is 6.64. The van der Waals surface area contributed by atoms with E-state index in [1.807, 2.05) is 19.1 Å². The van der Waals surface area contributed by atoms with Crippen molar-refractivity contribution < 1.29 is 4.79 Å². The fourth-order valence-electron chi connectivity index (χ4n) is 1.69. The van der Waals surface area contributed by atoms with Crippen molar-refractivity contribution in [2.75, 3.05) is 17.2 Å². The maximum absolute atomic E-state index is 12.0. The molecule has 2 heterocycles. The van der Waals surface area contributed by atoms with Gasteiger partial charge >= 0.3 is 0 Å². The molecule has 1 amide bonds. The van der Waals surface area contributed by atoms with E-state index in [9.17, 15) is 4.79 Å². The average molecular weight is 270 g/mol. The minimum Gasteiger partial charge on any atom is -0.370 e. The molecule has 2 aromatic heterocycles. The lowest BCUT2D eigenvalue weighted by molar-refractivity contribution is 0.102. The molecule has 0 saturated carbocycles. The molecule has 0 atom stereocenters. The number of amides is 1. The predicted molar refractivity (Wildman–Crippen MR) is 79.9 cm³/mol. The molecule has 104 valence electrons. The Hall–Kier alpha value is -2.43. The molecule has 2 N–H and O–H groups in total. The highest BCUT2D eigenvalue weighted by Crippen LogP contribution is 2.09. The van der Waals surface area contributed by atoms with E-state index in [1.165, 1.54) is 0 Å². The third-order valence-corrected chi connectivity index (χ3v) is 2.71. The van der Waals surface area contributed by atoms with Crippen LogP contribution in [0.3, 0.4) is 0 Å². The van der Waals surface area contributed by atoms with Crippen molar-refractivity contribution in [2.45, 2.75) is 20.3 Å². The molecule has 0 aliphatic carbocycles. The monoisotopic (exact) mass is 270 g/mol. The van der Waals surface area contributed by atoms with Gasteiger partial charge in [-0.1, -0.05) is 13.0 Å². The number of nitrogens with zero attached hydrogens (tertiary/aromatic N) is 2. The zero-order valence-electron chi connectivity index (χ0n) is 11.7. The van der Waals surface area contributed by atoms with E-state index in [0.29, 0.717) is 11.4 Å². The summed E-state index contributed by atoms with van der Waals surface area (Å²) in [4.78, 5) is 20.5. The van der Waals surface area contributed by atoms with E-state index in [-0.39, 0.29) is 5.91 Å². The van der Waals surface area contributed by atoms with Crippen molar-refractivity contribution in [2.24, 2.45) is 0 Å². The first kappa shape index (κ1) is 14.0. The summed E-state index contributed by atoms with van der Waals surface area (Å²) in [6.45, 7) is 4.83. The molecule has 20 heavy (non-hydrogen) atoms. The number of carbonyl (C=O) groups is 1. The summed E-state index contributed by atoms with van der Waals surface area (Å²) in [5.41, 5.74) is 1.37. The summed E-state index contributed by atoms with van der Waals surface area (Å²) >= 11 is 0. The summed E-state index contributed by atoms with van der Waals surface area (Å²) in [5, 5.41) is 5.91. The summed E-state index contributed by atoms with van der Waals surface area (Å²) in [5.74, 6) is 1.11. The topological polar surface area (TPSA) is 66.9 Å². The van der Waals surface area contributed by atoms with Crippen molar-refractivity contribution in [3.63, 3.8) is 0 Å². The Kier molecular flexibility index (Phi) is 4.65. The van der Waals surface area contributed by atoms with Gasteiger partial charge in [0.25, 0.3) is 5.91 Å². The predicted octanol–water partition coefficient (Wildman–Crippen LogP) is 2.86. The van der Waals surface area contributed by atoms with Crippen LogP contribution in [0.1, 0.15) is 29.4 Å². The molecular weight excluding hydrogens is 252 g/mol. The smallest absolute Gasteiger partial charge is 0.258 e. The maximum Gasteiger partial charge on any atom is 0.258 e. The average Bonchev–Trinajstić information content (AvgIpc) is 2.45. The summed E-state index contributed by atoms with van der Waals surface area (Å²) in [6.07, 6.45) is 2.59. The highest BCUT2D eigenvalue weighted by molar-refractivity contribution is 6.03. The van der Waals surface area contributed by atoms with Crippen LogP contribution in [0.4, 0.5) is 11.6 Å². The van der Waals surface area contributed by atoms with E-state index >= 15 is 0 Å². The Morgan fingerprint density at radius 1 is 1.20 bits per heavy atom. The quantitative estimate of drug-likeness (QED) is 0.876. The number of nitrogens with one attached hydrogen (secondary N) is 2. The third kappa shape index (κ3) is 3.78. The molecule has 0 fully saturated rings. The molecule has 0 unspecified atom stereocenters. The standard InChI is InChI=1S/C15H18N4O/c1-3-9-16-13-8-7-12(10-17-13)15(20)19-14-6-4-5-11(2)18-14/h4-8,10H,3,9H2,1-2H3,(H,16,17)(H,18,19,20). The number of anilines is 2. The van der Waals surface area contributed by atoms with Crippen LogP contribution >= 0.6 is 0 Å². The molecule has 5 heteroatoms. The first-order chi connectivity index (χ1) is 9.69. The van der Waals surface area contributed by atoms with Gasteiger partial charge in [-0.3, -0.25) is 4.79 Å². The summed E-state index contributed by atoms with van der Waals surface area (Å²) in [7, 11) is 0. The minimum absolute atomic E-state index is 0.211. The van der Waals surface area contributed by atoms with Crippen LogP contribution in [0.5, 0.6) is 0 Å². The summed E-state index contributed by atoms with van der Waals surface area (Å²) in [6, 6.07) is 9.04. The van der Waals surface area contributed by atoms with Gasteiger partial charge in [-0.05, 0) is 37.6 Å². The second kappa shape index (κ2) is 6.65.